The summed E-state index contributed by atoms with van der Waals surface area (Å²) in [7, 11) is 0. The number of carbonyl (C=O) groups is 1. The number of allylic oxidation sites excluding steroid dienone is 5. The first kappa shape index (κ1) is 22.5. The molecule has 0 aliphatic carbocycles. The number of aryl methyl sites for hydroxylation is 1. The van der Waals surface area contributed by atoms with Crippen molar-refractivity contribution in [2.75, 3.05) is 11.4 Å². The summed E-state index contributed by atoms with van der Waals surface area (Å²) in [4.78, 5) is 13.6. The molecule has 2 aromatic carbocycles. The van der Waals surface area contributed by atoms with Crippen molar-refractivity contribution in [1.82, 2.24) is 0 Å². The Morgan fingerprint density at radius 3 is 2.42 bits per heavy atom. The average Bonchev–Trinajstić information content (AvgIpc) is 2.94. The smallest absolute Gasteiger partial charge is 0.227 e. The second-order valence-electron chi connectivity index (χ2n) is 8.49. The van der Waals surface area contributed by atoms with Crippen LogP contribution >= 0.6 is 0 Å². The summed E-state index contributed by atoms with van der Waals surface area (Å²) in [5, 5.41) is 0. The summed E-state index contributed by atoms with van der Waals surface area (Å²) >= 11 is 0. The van der Waals surface area contributed by atoms with Crippen LogP contribution < -0.4 is 4.90 Å². The monoisotopic (exact) mass is 413 g/mol. The lowest BCUT2D eigenvalue weighted by atomic mass is 9.81. The van der Waals surface area contributed by atoms with Crippen LogP contribution in [0.25, 0.3) is 0 Å². The van der Waals surface area contributed by atoms with Crippen molar-refractivity contribution in [3.05, 3.63) is 96.2 Å². The van der Waals surface area contributed by atoms with E-state index in [1.54, 1.807) is 18.0 Å². The highest BCUT2D eigenvalue weighted by Gasteiger charge is 2.43. The molecule has 2 aromatic rings. The molecular formula is C28H33N2O+. The van der Waals surface area contributed by atoms with E-state index in [1.165, 1.54) is 22.5 Å². The molecule has 0 fully saturated rings. The number of anilines is 1. The SMILES string of the molecule is CCC[N+]1=C(/C=C/C=C/C=C/N(C(C)=O)c2ccccc2)C(C)(C)c2cc(C)ccc21. The predicted molar refractivity (Wildman–Crippen MR) is 131 cm³/mol. The quantitative estimate of drug-likeness (QED) is 0.377. The molecule has 0 radical (unpaired) electrons. The number of hydrogen-bond donors (Lipinski definition) is 0. The van der Waals surface area contributed by atoms with Gasteiger partial charge in [0.15, 0.2) is 5.71 Å². The van der Waals surface area contributed by atoms with Crippen LogP contribution in [0.15, 0.2) is 85.1 Å². The van der Waals surface area contributed by atoms with Crippen LogP contribution in [0.1, 0.15) is 45.2 Å². The van der Waals surface area contributed by atoms with Crippen LogP contribution in [0, 0.1) is 6.92 Å². The molecular weight excluding hydrogens is 380 g/mol. The second-order valence-corrected chi connectivity index (χ2v) is 8.49. The third kappa shape index (κ3) is 4.93. The zero-order valence-electron chi connectivity index (χ0n) is 19.3. The number of rotatable bonds is 7. The van der Waals surface area contributed by atoms with E-state index < -0.39 is 0 Å². The molecule has 0 unspecified atom stereocenters. The summed E-state index contributed by atoms with van der Waals surface area (Å²) in [6.45, 7) is 11.6. The van der Waals surface area contributed by atoms with Crippen molar-refractivity contribution in [3.63, 3.8) is 0 Å². The molecule has 1 aliphatic rings. The fraction of sp³-hybridized carbons (Fsp3) is 0.286. The van der Waals surface area contributed by atoms with E-state index in [1.807, 2.05) is 48.6 Å². The number of fused-ring (bicyclic) bond motifs is 1. The van der Waals surface area contributed by atoms with Crippen molar-refractivity contribution in [2.24, 2.45) is 0 Å². The van der Waals surface area contributed by atoms with Crippen molar-refractivity contribution in [3.8, 4) is 0 Å². The maximum atomic E-state index is 12.0. The summed E-state index contributed by atoms with van der Waals surface area (Å²) in [5.74, 6) is -0.0158. The molecule has 1 aliphatic heterocycles. The maximum absolute atomic E-state index is 12.0. The summed E-state index contributed by atoms with van der Waals surface area (Å²) in [5.41, 5.74) is 6.16. The molecule has 3 heteroatoms. The van der Waals surface area contributed by atoms with Gasteiger partial charge in [-0.05, 0) is 45.0 Å². The number of hydrogen-bond acceptors (Lipinski definition) is 1. The second kappa shape index (κ2) is 9.74. The van der Waals surface area contributed by atoms with Crippen molar-refractivity contribution in [1.29, 1.82) is 0 Å². The minimum Gasteiger partial charge on any atom is -0.288 e. The zero-order chi connectivity index (χ0) is 22.4. The van der Waals surface area contributed by atoms with Gasteiger partial charge in [-0.3, -0.25) is 9.69 Å². The first-order chi connectivity index (χ1) is 14.9. The lowest BCUT2D eigenvalue weighted by Gasteiger charge is -2.15. The number of nitrogens with zero attached hydrogens (tertiary/aromatic N) is 2. The molecule has 0 atom stereocenters. The number of benzene rings is 2. The Kier molecular flexibility index (Phi) is 7.06. The van der Waals surface area contributed by atoms with Gasteiger partial charge < -0.3 is 0 Å². The van der Waals surface area contributed by atoms with Crippen LogP contribution in [0.4, 0.5) is 11.4 Å². The lowest BCUT2D eigenvalue weighted by molar-refractivity contribution is -0.437. The van der Waals surface area contributed by atoms with Crippen LogP contribution in [0.2, 0.25) is 0 Å². The first-order valence-corrected chi connectivity index (χ1v) is 11.0. The highest BCUT2D eigenvalue weighted by molar-refractivity contribution is 6.03. The fourth-order valence-corrected chi connectivity index (χ4v) is 4.13. The van der Waals surface area contributed by atoms with Gasteiger partial charge in [-0.25, -0.2) is 0 Å². The fourth-order valence-electron chi connectivity index (χ4n) is 4.13. The predicted octanol–water partition coefficient (Wildman–Crippen LogP) is 6.46. The molecule has 0 spiro atoms. The molecule has 1 heterocycles. The largest absolute Gasteiger partial charge is 0.288 e. The normalized spacial score (nSPS) is 15.4. The molecule has 3 nitrogen and oxygen atoms in total. The van der Waals surface area contributed by atoms with Gasteiger partial charge in [-0.1, -0.05) is 55.0 Å². The molecule has 31 heavy (non-hydrogen) atoms. The van der Waals surface area contributed by atoms with E-state index in [0.717, 1.165) is 18.7 Å². The Labute approximate surface area is 186 Å². The van der Waals surface area contributed by atoms with Gasteiger partial charge in [-0.15, -0.1) is 0 Å². The van der Waals surface area contributed by atoms with E-state index >= 15 is 0 Å². The minimum atomic E-state index is -0.0323. The number of carbonyl (C=O) groups excluding carboxylic acids is 1. The molecule has 0 saturated carbocycles. The maximum Gasteiger partial charge on any atom is 0.227 e. The standard InChI is InChI=1S/C28H33N2O/c1-6-19-30-26-18-17-22(2)21-25(26)28(4,5)27(30)16-12-7-8-13-20-29(23(3)31)24-14-10-9-11-15-24/h7-18,20-21H,6,19H2,1-5H3/q+1. The molecule has 1 amide bonds. The molecule has 160 valence electrons. The third-order valence-electron chi connectivity index (χ3n) is 5.69. The Bertz CT molecular complexity index is 1060. The van der Waals surface area contributed by atoms with E-state index in [9.17, 15) is 4.79 Å². The van der Waals surface area contributed by atoms with E-state index in [-0.39, 0.29) is 11.3 Å². The van der Waals surface area contributed by atoms with E-state index in [4.69, 9.17) is 0 Å². The van der Waals surface area contributed by atoms with Crippen LogP contribution in [0.3, 0.4) is 0 Å². The van der Waals surface area contributed by atoms with E-state index in [0.29, 0.717) is 0 Å². The third-order valence-corrected chi connectivity index (χ3v) is 5.69. The van der Waals surface area contributed by atoms with Gasteiger partial charge in [0, 0.05) is 42.9 Å². The first-order valence-electron chi connectivity index (χ1n) is 11.0. The summed E-state index contributed by atoms with van der Waals surface area (Å²) < 4.78 is 2.45. The number of amides is 1. The summed E-state index contributed by atoms with van der Waals surface area (Å²) in [6, 6.07) is 16.4. The van der Waals surface area contributed by atoms with Crippen LogP contribution in [-0.2, 0) is 10.2 Å². The van der Waals surface area contributed by atoms with Crippen molar-refractivity contribution >= 4 is 23.0 Å². The van der Waals surface area contributed by atoms with Gasteiger partial charge in [0.05, 0.1) is 5.41 Å². The topological polar surface area (TPSA) is 23.3 Å². The highest BCUT2D eigenvalue weighted by Crippen LogP contribution is 2.40. The van der Waals surface area contributed by atoms with Crippen molar-refractivity contribution < 1.29 is 9.37 Å². The minimum absolute atomic E-state index is 0.0158. The molecule has 0 bridgehead atoms. The van der Waals surface area contributed by atoms with Gasteiger partial charge in [0.1, 0.15) is 6.54 Å². The Morgan fingerprint density at radius 2 is 1.74 bits per heavy atom. The van der Waals surface area contributed by atoms with Crippen LogP contribution in [0.5, 0.6) is 0 Å². The molecule has 0 aromatic heterocycles. The summed E-state index contributed by atoms with van der Waals surface area (Å²) in [6.07, 6.45) is 13.1. The zero-order valence-corrected chi connectivity index (χ0v) is 19.3. The highest BCUT2D eigenvalue weighted by atomic mass is 16.2. The molecule has 0 saturated heterocycles. The Balaban J connectivity index is 1.79. The van der Waals surface area contributed by atoms with E-state index in [2.05, 4.69) is 62.6 Å². The average molecular weight is 414 g/mol. The van der Waals surface area contributed by atoms with Gasteiger partial charge in [-0.2, -0.15) is 4.58 Å². The van der Waals surface area contributed by atoms with Gasteiger partial charge >= 0.3 is 0 Å². The van der Waals surface area contributed by atoms with Gasteiger partial charge in [0.2, 0.25) is 11.6 Å². The molecule has 3 rings (SSSR count). The molecule has 0 N–H and O–H groups in total. The van der Waals surface area contributed by atoms with Gasteiger partial charge in [0.25, 0.3) is 0 Å². The lowest BCUT2D eigenvalue weighted by Crippen LogP contribution is -2.27. The Hall–Kier alpha value is -3.20. The Morgan fingerprint density at radius 1 is 1.03 bits per heavy atom. The number of para-hydroxylation sites is 1. The van der Waals surface area contributed by atoms with Crippen LogP contribution in [-0.4, -0.2) is 22.7 Å². The van der Waals surface area contributed by atoms with Crippen molar-refractivity contribution in [2.45, 2.75) is 46.5 Å².